The average Bonchev–Trinajstić information content (AvgIpc) is 2.67. The normalized spacial score (nSPS) is 15.2. The molecule has 0 bridgehead atoms. The second-order valence-corrected chi connectivity index (χ2v) is 8.55. The Hall–Kier alpha value is -2.42. The molecule has 2 aromatic carbocycles. The summed E-state index contributed by atoms with van der Waals surface area (Å²) in [5.41, 5.74) is 2.82. The van der Waals surface area contributed by atoms with E-state index in [9.17, 15) is 13.2 Å². The van der Waals surface area contributed by atoms with E-state index in [1.54, 1.807) is 30.3 Å². The third kappa shape index (κ3) is 6.05. The van der Waals surface area contributed by atoms with Crippen molar-refractivity contribution in [1.82, 2.24) is 10.2 Å². The van der Waals surface area contributed by atoms with Crippen LogP contribution in [0.3, 0.4) is 0 Å². The van der Waals surface area contributed by atoms with Crippen LogP contribution in [-0.4, -0.2) is 51.8 Å². The number of nitrogens with zero attached hydrogens (tertiary/aromatic N) is 1. The van der Waals surface area contributed by atoms with E-state index in [-0.39, 0.29) is 12.5 Å². The molecule has 0 unspecified atom stereocenters. The molecule has 28 heavy (non-hydrogen) atoms. The van der Waals surface area contributed by atoms with Crippen LogP contribution in [0.15, 0.2) is 48.5 Å². The number of carbonyl (C=O) groups is 1. The van der Waals surface area contributed by atoms with Gasteiger partial charge in [-0.05, 0) is 29.3 Å². The smallest absolute Gasteiger partial charge is 0.251 e. The lowest BCUT2D eigenvalue weighted by molar-refractivity contribution is 0.0342. The molecule has 0 radical (unpaired) electrons. The van der Waals surface area contributed by atoms with E-state index in [1.807, 2.05) is 18.2 Å². The molecule has 0 saturated carbocycles. The molecule has 1 aliphatic heterocycles. The Balaban J connectivity index is 1.63. The third-order valence-corrected chi connectivity index (χ3v) is 5.04. The fourth-order valence-electron chi connectivity index (χ4n) is 3.08. The highest BCUT2D eigenvalue weighted by atomic mass is 32.2. The largest absolute Gasteiger partial charge is 0.379 e. The highest BCUT2D eigenvalue weighted by Gasteiger charge is 2.13. The zero-order chi connectivity index (χ0) is 20.0. The summed E-state index contributed by atoms with van der Waals surface area (Å²) >= 11 is 0. The number of anilines is 1. The first-order valence-electron chi connectivity index (χ1n) is 9.14. The molecule has 0 aliphatic carbocycles. The minimum absolute atomic E-state index is 0.196. The molecular weight excluding hydrogens is 378 g/mol. The third-order valence-electron chi connectivity index (χ3n) is 4.45. The number of nitrogens with one attached hydrogen (secondary N) is 2. The van der Waals surface area contributed by atoms with Gasteiger partial charge >= 0.3 is 0 Å². The molecule has 1 amide bonds. The first-order chi connectivity index (χ1) is 13.4. The Bertz CT molecular complexity index is 925. The van der Waals surface area contributed by atoms with Gasteiger partial charge < -0.3 is 10.1 Å². The molecule has 150 valence electrons. The van der Waals surface area contributed by atoms with Crippen LogP contribution < -0.4 is 10.0 Å². The van der Waals surface area contributed by atoms with Gasteiger partial charge in [0.05, 0.1) is 25.2 Å². The van der Waals surface area contributed by atoms with Gasteiger partial charge in [0, 0.05) is 31.7 Å². The number of morpholine rings is 1. The Labute approximate surface area is 165 Å². The Morgan fingerprint density at radius 1 is 1.11 bits per heavy atom. The summed E-state index contributed by atoms with van der Waals surface area (Å²) in [6, 6.07) is 14.6. The van der Waals surface area contributed by atoms with Gasteiger partial charge in [-0.25, -0.2) is 8.42 Å². The lowest BCUT2D eigenvalue weighted by atomic mass is 10.1. The number of rotatable bonds is 7. The molecule has 1 aliphatic rings. The number of amides is 1. The van der Waals surface area contributed by atoms with Crippen LogP contribution in [-0.2, 0) is 27.8 Å². The van der Waals surface area contributed by atoms with Crippen molar-refractivity contribution in [3.05, 3.63) is 65.2 Å². The number of sulfonamides is 1. The number of carbonyl (C=O) groups excluding carboxylic acids is 1. The van der Waals surface area contributed by atoms with Crippen LogP contribution in [0.1, 0.15) is 21.5 Å². The van der Waals surface area contributed by atoms with Crippen molar-refractivity contribution < 1.29 is 17.9 Å². The van der Waals surface area contributed by atoms with Gasteiger partial charge in [0.1, 0.15) is 0 Å². The summed E-state index contributed by atoms with van der Waals surface area (Å²) in [6.07, 6.45) is 1.10. The zero-order valence-corrected chi connectivity index (χ0v) is 16.7. The molecule has 0 spiro atoms. The SMILES string of the molecule is CS(=O)(=O)Nc1ccccc1CNC(=O)c1cccc(CN2CCOCC2)c1. The van der Waals surface area contributed by atoms with Crippen molar-refractivity contribution in [2.45, 2.75) is 13.1 Å². The van der Waals surface area contributed by atoms with Crippen molar-refractivity contribution in [3.8, 4) is 0 Å². The number of ether oxygens (including phenoxy) is 1. The molecule has 7 nitrogen and oxygen atoms in total. The summed E-state index contributed by atoms with van der Waals surface area (Å²) in [5, 5.41) is 2.86. The summed E-state index contributed by atoms with van der Waals surface area (Å²) in [6.45, 7) is 4.26. The van der Waals surface area contributed by atoms with Crippen molar-refractivity contribution >= 4 is 21.6 Å². The minimum atomic E-state index is -3.39. The van der Waals surface area contributed by atoms with Crippen LogP contribution in [0.4, 0.5) is 5.69 Å². The summed E-state index contributed by atoms with van der Waals surface area (Å²) in [5.74, 6) is -0.196. The molecule has 1 fully saturated rings. The van der Waals surface area contributed by atoms with E-state index in [0.29, 0.717) is 16.8 Å². The quantitative estimate of drug-likeness (QED) is 0.736. The van der Waals surface area contributed by atoms with Gasteiger partial charge in [-0.15, -0.1) is 0 Å². The summed E-state index contributed by atoms with van der Waals surface area (Å²) in [4.78, 5) is 14.9. The van der Waals surface area contributed by atoms with Crippen LogP contribution >= 0.6 is 0 Å². The van der Waals surface area contributed by atoms with E-state index in [4.69, 9.17) is 4.74 Å². The second kappa shape index (κ2) is 9.18. The van der Waals surface area contributed by atoms with E-state index >= 15 is 0 Å². The van der Waals surface area contributed by atoms with Crippen molar-refractivity contribution in [2.75, 3.05) is 37.3 Å². The standard InChI is InChI=1S/C20H25N3O4S/c1-28(25,26)22-19-8-3-2-6-18(19)14-21-20(24)17-7-4-5-16(13-17)15-23-9-11-27-12-10-23/h2-8,13,22H,9-12,14-15H2,1H3,(H,21,24). The van der Waals surface area contributed by atoms with E-state index < -0.39 is 10.0 Å². The molecule has 8 heteroatoms. The minimum Gasteiger partial charge on any atom is -0.379 e. The Kier molecular flexibility index (Phi) is 6.66. The zero-order valence-electron chi connectivity index (χ0n) is 15.8. The predicted molar refractivity (Wildman–Crippen MR) is 109 cm³/mol. The second-order valence-electron chi connectivity index (χ2n) is 6.80. The van der Waals surface area contributed by atoms with Crippen LogP contribution in [0.2, 0.25) is 0 Å². The number of hydrogen-bond acceptors (Lipinski definition) is 5. The van der Waals surface area contributed by atoms with Gasteiger partial charge in [-0.1, -0.05) is 30.3 Å². The molecule has 1 saturated heterocycles. The van der Waals surface area contributed by atoms with E-state index in [2.05, 4.69) is 14.9 Å². The van der Waals surface area contributed by atoms with Gasteiger partial charge in [-0.2, -0.15) is 0 Å². The highest BCUT2D eigenvalue weighted by Crippen LogP contribution is 2.16. The molecule has 1 heterocycles. The maximum Gasteiger partial charge on any atom is 0.251 e. The topological polar surface area (TPSA) is 87.7 Å². The lowest BCUT2D eigenvalue weighted by Crippen LogP contribution is -2.35. The first kappa shape index (κ1) is 20.3. The fourth-order valence-corrected chi connectivity index (χ4v) is 3.68. The molecule has 2 N–H and O–H groups in total. The first-order valence-corrected chi connectivity index (χ1v) is 11.0. The van der Waals surface area contributed by atoms with Crippen molar-refractivity contribution in [1.29, 1.82) is 0 Å². The summed E-state index contributed by atoms with van der Waals surface area (Å²) < 4.78 is 30.8. The van der Waals surface area contributed by atoms with Crippen LogP contribution in [0.5, 0.6) is 0 Å². The van der Waals surface area contributed by atoms with Crippen molar-refractivity contribution in [3.63, 3.8) is 0 Å². The monoisotopic (exact) mass is 403 g/mol. The predicted octanol–water partition coefficient (Wildman–Crippen LogP) is 1.82. The molecule has 0 atom stereocenters. The number of benzene rings is 2. The van der Waals surface area contributed by atoms with Gasteiger partial charge in [-0.3, -0.25) is 14.4 Å². The van der Waals surface area contributed by atoms with E-state index in [0.717, 1.165) is 44.7 Å². The van der Waals surface area contributed by atoms with Crippen LogP contribution in [0, 0.1) is 0 Å². The van der Waals surface area contributed by atoms with E-state index in [1.165, 1.54) is 0 Å². The highest BCUT2D eigenvalue weighted by molar-refractivity contribution is 7.92. The van der Waals surface area contributed by atoms with Crippen LogP contribution in [0.25, 0.3) is 0 Å². The van der Waals surface area contributed by atoms with Gasteiger partial charge in [0.15, 0.2) is 0 Å². The fraction of sp³-hybridized carbons (Fsp3) is 0.350. The average molecular weight is 404 g/mol. The van der Waals surface area contributed by atoms with Gasteiger partial charge in [0.25, 0.3) is 5.91 Å². The molecule has 0 aromatic heterocycles. The maximum atomic E-state index is 12.6. The molecule has 2 aromatic rings. The number of hydrogen-bond donors (Lipinski definition) is 2. The Morgan fingerprint density at radius 3 is 2.61 bits per heavy atom. The Morgan fingerprint density at radius 2 is 1.86 bits per heavy atom. The number of para-hydroxylation sites is 1. The lowest BCUT2D eigenvalue weighted by Gasteiger charge is -2.26. The van der Waals surface area contributed by atoms with Crippen molar-refractivity contribution in [2.24, 2.45) is 0 Å². The van der Waals surface area contributed by atoms with Gasteiger partial charge in [0.2, 0.25) is 10.0 Å². The molecular formula is C20H25N3O4S. The maximum absolute atomic E-state index is 12.6. The molecule has 3 rings (SSSR count). The summed E-state index contributed by atoms with van der Waals surface area (Å²) in [7, 11) is -3.39.